The van der Waals surface area contributed by atoms with Crippen LogP contribution in [0.15, 0.2) is 65.7 Å². The van der Waals surface area contributed by atoms with Gasteiger partial charge in [0.05, 0.1) is 51.2 Å². The Kier molecular flexibility index (Phi) is 38.6. The van der Waals surface area contributed by atoms with Gasteiger partial charge < -0.3 is 142 Å². The second-order valence-corrected chi connectivity index (χ2v) is 32.2. The Bertz CT molecular complexity index is 4510. The molecule has 9 amide bonds. The molecule has 8 rings (SSSR count). The van der Waals surface area contributed by atoms with Crippen LogP contribution in [0, 0.1) is 22.7 Å². The quantitative estimate of drug-likeness (QED) is 0.00764. The second kappa shape index (κ2) is 49.0. The molecule has 29 N–H and O–H groups in total. The average molecular weight is 1770 g/mol. The van der Waals surface area contributed by atoms with Crippen molar-refractivity contribution in [1.29, 1.82) is 10.8 Å². The lowest BCUT2D eigenvalue weighted by Crippen LogP contribution is -2.60. The van der Waals surface area contributed by atoms with Gasteiger partial charge >= 0.3 is 11.9 Å². The number of aromatic hydroxyl groups is 2. The van der Waals surface area contributed by atoms with Gasteiger partial charge in [0.15, 0.2) is 40.8 Å². The molecule has 43 heteroatoms. The number of nitrogens with one attached hydrogen (secondary N) is 13. The molecule has 0 saturated carbocycles. The maximum atomic E-state index is 14.9. The van der Waals surface area contributed by atoms with Crippen LogP contribution in [-0.2, 0) is 75.2 Å². The van der Waals surface area contributed by atoms with Crippen LogP contribution in [0.2, 0.25) is 0 Å². The van der Waals surface area contributed by atoms with Gasteiger partial charge in [0, 0.05) is 85.3 Å². The lowest BCUT2D eigenvalue weighted by molar-refractivity contribution is -0.155. The maximum absolute atomic E-state index is 14.9. The number of guanidine groups is 2. The molecule has 680 valence electrons. The Morgan fingerprint density at radius 2 is 1.10 bits per heavy atom. The van der Waals surface area contributed by atoms with Gasteiger partial charge in [0.2, 0.25) is 71.6 Å². The van der Waals surface area contributed by atoms with Gasteiger partial charge in [-0.2, -0.15) is 11.8 Å². The van der Waals surface area contributed by atoms with Crippen LogP contribution in [0.5, 0.6) is 40.5 Å². The van der Waals surface area contributed by atoms with Gasteiger partial charge in [-0.05, 0) is 169 Å². The number of hydrogen-bond acceptors (Lipinski definition) is 28. The fourth-order valence-corrected chi connectivity index (χ4v) is 16.3. The van der Waals surface area contributed by atoms with Crippen LogP contribution < -0.4 is 117 Å². The van der Waals surface area contributed by atoms with Crippen molar-refractivity contribution < 1.29 is 96.1 Å². The first-order valence-corrected chi connectivity index (χ1v) is 43.5. The number of amides is 9. The Balaban J connectivity index is 0.899. The van der Waals surface area contributed by atoms with E-state index in [1.54, 1.807) is 42.8 Å². The summed E-state index contributed by atoms with van der Waals surface area (Å²) in [5.74, 6) is -10.2. The van der Waals surface area contributed by atoms with Gasteiger partial charge in [-0.3, -0.25) is 68.1 Å². The summed E-state index contributed by atoms with van der Waals surface area (Å²) in [6.07, 6.45) is 4.56. The van der Waals surface area contributed by atoms with Crippen LogP contribution in [-0.4, -0.2) is 237 Å². The van der Waals surface area contributed by atoms with Crippen molar-refractivity contribution in [1.82, 2.24) is 62.7 Å². The molecule has 0 bridgehead atoms. The molecular weight excluding hydrogens is 1650 g/mol. The zero-order chi connectivity index (χ0) is 90.1. The number of nitrogens with zero attached hydrogens (tertiary/aromatic N) is 1. The Hall–Kier alpha value is -11.7. The summed E-state index contributed by atoms with van der Waals surface area (Å²) in [6, 6.07) is 4.98. The first-order valence-electron chi connectivity index (χ1n) is 41.1. The molecule has 1 fully saturated rings. The molecule has 0 radical (unpaired) electrons. The van der Waals surface area contributed by atoms with Crippen molar-refractivity contribution in [2.24, 2.45) is 52.0 Å². The molecule has 1 saturated heterocycles. The largest absolute Gasteiger partial charge is 0.494 e. The van der Waals surface area contributed by atoms with Crippen LogP contribution in [0.25, 0.3) is 10.9 Å². The van der Waals surface area contributed by atoms with Crippen molar-refractivity contribution in [3.8, 4) is 40.5 Å². The molecule has 5 aromatic rings. The molecule has 3 aliphatic rings. The van der Waals surface area contributed by atoms with Crippen molar-refractivity contribution >= 4 is 111 Å². The van der Waals surface area contributed by atoms with E-state index in [9.17, 15) is 63.0 Å². The van der Waals surface area contributed by atoms with Crippen LogP contribution >= 0.6 is 23.5 Å². The van der Waals surface area contributed by atoms with E-state index < -0.39 is 155 Å². The molecule has 1 unspecified atom stereocenters. The summed E-state index contributed by atoms with van der Waals surface area (Å²) in [4.78, 5) is 159. The number of H-pyrrole nitrogens is 1. The number of para-hydroxylation sites is 1. The van der Waals surface area contributed by atoms with Gasteiger partial charge in [0.1, 0.15) is 48.4 Å². The van der Waals surface area contributed by atoms with Crippen LogP contribution in [0.1, 0.15) is 137 Å². The standard InChI is InChI=1S/C81H119N21O20S2/c1-116-60-34-43(35-61(117-2)69(60)118-3)66-46-36-58-59(121-42-120-58)37-47(46)68(48-40-119-79(115)67(48)66)122-65(105)23-31-102-64(104)38-62(78(102)114)124-41-49(85)71(107)91-30-22-63(103)95-52(20-13-28-92-80(87)88)72(108)98-55(21-14-29-93-81(89)90)74(110)100-56(24-32-123-4)76(112)97-54(19-9-12-27-84)75(111)101-57(33-44-39-94-50-16-6-5-15-45(44)50)77(113)99-53(18-8-11-26-83)73(109)96-51(70(86)106)17-7-10-25-82/h5-6,15-16,34-39,48-49,51-57,66-68,94,104,114H,7-14,17-33,40-42,82-85H2,1-4H3,(H2,86,106)(H,91,107)(H,95,103)(H,96,109)(H,97,112)(H,98,108)(H,99,113)(H,100,110)(H,101,111)(H4,87,88,92)(H4,89,90,93)/t48-,49-,51+,52+,53+,54+,55+,56+,57+,66?,67-,68-/m0/s1. The Labute approximate surface area is 725 Å². The first-order chi connectivity index (χ1) is 59.6. The van der Waals surface area contributed by atoms with E-state index in [0.717, 1.165) is 27.2 Å². The fraction of sp³-hybridized carbons (Fsp3) is 0.543. The third-order valence-corrected chi connectivity index (χ3v) is 23.2. The lowest BCUT2D eigenvalue weighted by Gasteiger charge is -2.38. The highest BCUT2D eigenvalue weighted by Gasteiger charge is 2.54. The molecule has 0 spiro atoms. The second-order valence-electron chi connectivity index (χ2n) is 30.1. The molecule has 41 nitrogen and oxygen atoms in total. The lowest BCUT2D eigenvalue weighted by atomic mass is 9.66. The third kappa shape index (κ3) is 27.7. The number of hydrogen-bond donors (Lipinski definition) is 22. The van der Waals surface area contributed by atoms with Crippen molar-refractivity contribution in [2.75, 3.05) is 91.8 Å². The monoisotopic (exact) mass is 1770 g/mol. The van der Waals surface area contributed by atoms with E-state index in [4.69, 9.17) is 84.1 Å². The number of cyclic esters (lactones) is 1. The number of benzene rings is 3. The number of esters is 2. The first kappa shape index (κ1) is 97.8. The minimum absolute atomic E-state index is 0.0000116. The number of nitrogens with two attached hydrogens (primary N) is 7. The highest BCUT2D eigenvalue weighted by molar-refractivity contribution is 7.99. The van der Waals surface area contributed by atoms with E-state index in [1.165, 1.54) is 39.2 Å². The molecule has 3 aromatic carbocycles. The normalized spacial score (nSPS) is 16.8. The number of methoxy groups -OCH3 is 3. The zero-order valence-corrected chi connectivity index (χ0v) is 71.7. The van der Waals surface area contributed by atoms with Crippen molar-refractivity contribution in [2.45, 2.75) is 181 Å². The smallest absolute Gasteiger partial charge is 0.310 e. The summed E-state index contributed by atoms with van der Waals surface area (Å²) in [7, 11) is 4.41. The molecule has 2 aliphatic heterocycles. The Morgan fingerprint density at radius 3 is 1.64 bits per heavy atom. The summed E-state index contributed by atoms with van der Waals surface area (Å²) >= 11 is 2.25. The van der Waals surface area contributed by atoms with Gasteiger partial charge in [-0.1, -0.05) is 18.2 Å². The molecule has 4 heterocycles. The number of aromatic amines is 1. The van der Waals surface area contributed by atoms with Crippen LogP contribution in [0.4, 0.5) is 0 Å². The number of fused-ring (bicyclic) bond motifs is 4. The number of primary amides is 1. The summed E-state index contributed by atoms with van der Waals surface area (Å²) in [5, 5.41) is 65.7. The number of thioether (sulfide) groups is 2. The minimum Gasteiger partial charge on any atom is -0.494 e. The molecule has 124 heavy (non-hydrogen) atoms. The predicted octanol–water partition coefficient (Wildman–Crippen LogP) is -0.542. The van der Waals surface area contributed by atoms with E-state index in [2.05, 4.69) is 58.2 Å². The van der Waals surface area contributed by atoms with Gasteiger partial charge in [0.25, 0.3) is 0 Å². The Morgan fingerprint density at radius 1 is 0.597 bits per heavy atom. The highest BCUT2D eigenvalue weighted by Crippen LogP contribution is 2.57. The summed E-state index contributed by atoms with van der Waals surface area (Å²) in [6.45, 7) is 0.248. The average Bonchev–Trinajstić information content (AvgIpc) is 1.46. The number of carbonyl (C=O) groups is 11. The van der Waals surface area contributed by atoms with E-state index >= 15 is 0 Å². The molecule has 12 atom stereocenters. The van der Waals surface area contributed by atoms with E-state index in [0.29, 0.717) is 102 Å². The number of aromatic nitrogens is 2. The molecule has 2 aromatic heterocycles. The third-order valence-electron chi connectivity index (χ3n) is 21.4. The number of unbranched alkanes of at least 4 members (excludes halogenated alkanes) is 3. The van der Waals surface area contributed by atoms with E-state index in [1.807, 2.05) is 18.2 Å². The summed E-state index contributed by atoms with van der Waals surface area (Å²) < 4.78 is 41.4. The van der Waals surface area contributed by atoms with Crippen LogP contribution in [0.3, 0.4) is 0 Å². The minimum atomic E-state index is -1.43. The predicted molar refractivity (Wildman–Crippen MR) is 461 cm³/mol. The highest BCUT2D eigenvalue weighted by atomic mass is 32.2. The maximum Gasteiger partial charge on any atom is 0.310 e. The topological polar surface area (TPSA) is 664 Å². The van der Waals surface area contributed by atoms with E-state index in [-0.39, 0.29) is 139 Å². The number of rotatable bonds is 54. The van der Waals surface area contributed by atoms with Gasteiger partial charge in [-0.15, -0.1) is 11.8 Å². The molecule has 1 aliphatic carbocycles. The summed E-state index contributed by atoms with van der Waals surface area (Å²) in [5.41, 5.74) is 43.7. The zero-order valence-electron chi connectivity index (χ0n) is 70.0. The fourth-order valence-electron chi connectivity index (χ4n) is 14.9. The van der Waals surface area contributed by atoms with Crippen molar-refractivity contribution in [3.05, 3.63) is 83.0 Å². The number of ether oxygens (including phenoxy) is 7. The van der Waals surface area contributed by atoms with Gasteiger partial charge in [-0.25, -0.2) is 0 Å². The molecular formula is C81H119N21O20S2. The SMILES string of the molecule is COc1cc(C2c3cc4c(cc3[C@H](OC(=O)CCn3c(O)cc(SC[C@H](N)C(=O)NCCC(=O)N[C@H](CCCNC(=N)N)C(=O)N[C@H](CCCNC(=N)N)C(=O)N[C@H](CCSC)C(=O)N[C@H](CCCCN)C(=O)N[C@H](Cc5c[nH]c6ccccc56)C(=O)N[C@H](CCCCN)C(=O)N[C@H](CCCCN)C(N)=O)c3O)[C@H]3COC(=O)[C@H]23)OCO4)cc(OC)c1OC. The van der Waals surface area contributed by atoms with Crippen molar-refractivity contribution in [3.63, 3.8) is 0 Å². The number of carbonyl (C=O) groups excluding carboxylic acids is 11.